The Hall–Kier alpha value is -2.66. The van der Waals surface area contributed by atoms with Gasteiger partial charge < -0.3 is 9.47 Å². The first kappa shape index (κ1) is 21.1. The van der Waals surface area contributed by atoms with E-state index in [0.717, 1.165) is 29.8 Å². The fraction of sp³-hybridized carbons (Fsp3) is 0.417. The Bertz CT molecular complexity index is 917. The number of ether oxygens (including phenoxy) is 2. The first-order chi connectivity index (χ1) is 13.8. The number of carbonyl (C=O) groups is 2. The van der Waals surface area contributed by atoms with Crippen LogP contribution in [0.1, 0.15) is 60.7 Å². The summed E-state index contributed by atoms with van der Waals surface area (Å²) in [7, 11) is 0. The highest BCUT2D eigenvalue weighted by Crippen LogP contribution is 2.35. The van der Waals surface area contributed by atoms with Gasteiger partial charge >= 0.3 is 5.97 Å². The molecular formula is C24H29NO4. The van der Waals surface area contributed by atoms with Gasteiger partial charge in [-0.1, -0.05) is 37.6 Å². The lowest BCUT2D eigenvalue weighted by Gasteiger charge is -2.27. The second-order valence-electron chi connectivity index (χ2n) is 7.55. The van der Waals surface area contributed by atoms with E-state index in [1.165, 1.54) is 0 Å². The van der Waals surface area contributed by atoms with Crippen LogP contribution in [-0.4, -0.2) is 36.0 Å². The van der Waals surface area contributed by atoms with E-state index < -0.39 is 5.92 Å². The monoisotopic (exact) mass is 395 g/mol. The lowest BCUT2D eigenvalue weighted by molar-refractivity contribution is -0.158. The number of nitrogens with zero attached hydrogens (tertiary/aromatic N) is 1. The average molecular weight is 395 g/mol. The fourth-order valence-corrected chi connectivity index (χ4v) is 3.68. The summed E-state index contributed by atoms with van der Waals surface area (Å²) in [6.07, 6.45) is -0.00542. The Morgan fingerprint density at radius 1 is 1.10 bits per heavy atom. The maximum Gasteiger partial charge on any atom is 0.314 e. The zero-order valence-corrected chi connectivity index (χ0v) is 17.8. The highest BCUT2D eigenvalue weighted by atomic mass is 16.6. The number of hydrogen-bond donors (Lipinski definition) is 0. The predicted molar refractivity (Wildman–Crippen MR) is 113 cm³/mol. The summed E-state index contributed by atoms with van der Waals surface area (Å²) >= 11 is 0. The van der Waals surface area contributed by atoms with E-state index in [0.29, 0.717) is 17.1 Å². The molecule has 0 aromatic heterocycles. The molecule has 0 bridgehead atoms. The summed E-state index contributed by atoms with van der Waals surface area (Å²) in [5.41, 5.74) is 3.23. The van der Waals surface area contributed by atoms with Gasteiger partial charge in [-0.05, 0) is 57.6 Å². The smallest absolute Gasteiger partial charge is 0.314 e. The summed E-state index contributed by atoms with van der Waals surface area (Å²) in [4.78, 5) is 27.6. The van der Waals surface area contributed by atoms with Gasteiger partial charge in [-0.3, -0.25) is 14.5 Å². The molecule has 0 N–H and O–H groups in total. The highest BCUT2D eigenvalue weighted by Gasteiger charge is 2.26. The Kier molecular flexibility index (Phi) is 6.38. The van der Waals surface area contributed by atoms with Gasteiger partial charge in [0.1, 0.15) is 11.5 Å². The molecule has 0 fully saturated rings. The molecule has 0 saturated carbocycles. The molecule has 2 aromatic carbocycles. The molecule has 2 unspecified atom stereocenters. The number of aryl methyl sites for hydroxylation is 1. The molecule has 1 heterocycles. The van der Waals surface area contributed by atoms with Gasteiger partial charge in [-0.2, -0.15) is 0 Å². The number of benzene rings is 2. The van der Waals surface area contributed by atoms with E-state index in [1.54, 1.807) is 19.1 Å². The molecule has 1 aliphatic rings. The minimum atomic E-state index is -0.473. The third-order valence-corrected chi connectivity index (χ3v) is 5.56. The van der Waals surface area contributed by atoms with Gasteiger partial charge in [-0.15, -0.1) is 0 Å². The zero-order chi connectivity index (χ0) is 21.1. The molecule has 5 heteroatoms. The van der Waals surface area contributed by atoms with E-state index in [9.17, 15) is 9.59 Å². The minimum Gasteiger partial charge on any atom is -0.456 e. The Morgan fingerprint density at radius 3 is 2.48 bits per heavy atom. The van der Waals surface area contributed by atoms with Gasteiger partial charge in [0.2, 0.25) is 0 Å². The molecule has 2 atom stereocenters. The average Bonchev–Trinajstić information content (AvgIpc) is 2.83. The maximum atomic E-state index is 12.9. The summed E-state index contributed by atoms with van der Waals surface area (Å²) in [6.45, 7) is 11.4. The summed E-state index contributed by atoms with van der Waals surface area (Å²) in [5.74, 6) is 0.446. The van der Waals surface area contributed by atoms with Gasteiger partial charge in [0.05, 0.1) is 11.5 Å². The number of fused-ring (bicyclic) bond motifs is 2. The number of carbonyl (C=O) groups excluding carboxylic acids is 2. The number of ketones is 1. The molecule has 0 aliphatic carbocycles. The van der Waals surface area contributed by atoms with E-state index in [4.69, 9.17) is 9.47 Å². The van der Waals surface area contributed by atoms with Gasteiger partial charge in [0.25, 0.3) is 0 Å². The van der Waals surface area contributed by atoms with Gasteiger partial charge in [-0.25, -0.2) is 0 Å². The van der Waals surface area contributed by atoms with Crippen molar-refractivity contribution in [2.45, 2.75) is 53.2 Å². The lowest BCUT2D eigenvalue weighted by atomic mass is 9.95. The van der Waals surface area contributed by atoms with Gasteiger partial charge in [0, 0.05) is 12.0 Å². The molecule has 1 aliphatic heterocycles. The lowest BCUT2D eigenvalue weighted by Crippen LogP contribution is -2.37. The van der Waals surface area contributed by atoms with Crippen molar-refractivity contribution >= 4 is 11.8 Å². The first-order valence-electron chi connectivity index (χ1n) is 10.2. The number of rotatable bonds is 6. The van der Waals surface area contributed by atoms with Crippen molar-refractivity contribution in [3.63, 3.8) is 0 Å². The number of hydrogen-bond acceptors (Lipinski definition) is 5. The van der Waals surface area contributed by atoms with Crippen LogP contribution in [0.4, 0.5) is 0 Å². The topological polar surface area (TPSA) is 55.8 Å². The van der Waals surface area contributed by atoms with E-state index in [2.05, 4.69) is 4.90 Å². The molecule has 2 aromatic rings. The van der Waals surface area contributed by atoms with Crippen LogP contribution in [0.5, 0.6) is 11.5 Å². The first-order valence-corrected chi connectivity index (χ1v) is 10.2. The number of Topliss-reactive ketones (excluding diaryl/α,β-unsaturated/α-hetero) is 1. The van der Waals surface area contributed by atoms with Crippen LogP contribution in [0.2, 0.25) is 0 Å². The SMILES string of the molecule is CCN(CC)C(C)OC(=O)C(C)c1ccc2c(c1)C(=O)Cc1cc(C)ccc1O2. The predicted octanol–water partition coefficient (Wildman–Crippen LogP) is 4.86. The van der Waals surface area contributed by atoms with Crippen LogP contribution in [0.15, 0.2) is 36.4 Å². The molecule has 0 spiro atoms. The highest BCUT2D eigenvalue weighted by molar-refractivity contribution is 6.01. The third kappa shape index (κ3) is 4.51. The van der Waals surface area contributed by atoms with Crippen molar-refractivity contribution in [3.8, 4) is 11.5 Å². The molecule has 154 valence electrons. The molecule has 5 nitrogen and oxygen atoms in total. The van der Waals surface area contributed by atoms with Crippen molar-refractivity contribution in [1.29, 1.82) is 0 Å². The van der Waals surface area contributed by atoms with Crippen molar-refractivity contribution in [2.24, 2.45) is 0 Å². The normalized spacial score (nSPS) is 15.0. The summed E-state index contributed by atoms with van der Waals surface area (Å²) in [6, 6.07) is 11.2. The van der Waals surface area contributed by atoms with Crippen molar-refractivity contribution in [1.82, 2.24) is 4.90 Å². The number of esters is 1. The van der Waals surface area contributed by atoms with E-state index >= 15 is 0 Å². The summed E-state index contributed by atoms with van der Waals surface area (Å²) < 4.78 is 11.6. The molecule has 0 radical (unpaired) electrons. The standard InChI is InChI=1S/C24H29NO4/c1-6-25(7-2)17(5)28-24(27)16(4)18-9-11-23-20(13-18)21(26)14-19-12-15(3)8-10-22(19)29-23/h8-13,16-17H,6-7,14H2,1-5H3. The molecular weight excluding hydrogens is 366 g/mol. The Labute approximate surface area is 172 Å². The Balaban J connectivity index is 1.82. The van der Waals surface area contributed by atoms with Crippen LogP contribution < -0.4 is 4.74 Å². The maximum absolute atomic E-state index is 12.9. The fourth-order valence-electron chi connectivity index (χ4n) is 3.68. The second kappa shape index (κ2) is 8.78. The zero-order valence-electron chi connectivity index (χ0n) is 17.8. The second-order valence-corrected chi connectivity index (χ2v) is 7.55. The van der Waals surface area contributed by atoms with E-state index in [-0.39, 0.29) is 24.4 Å². The van der Waals surface area contributed by atoms with E-state index in [1.807, 2.05) is 52.0 Å². The van der Waals surface area contributed by atoms with Crippen molar-refractivity contribution in [3.05, 3.63) is 58.7 Å². The largest absolute Gasteiger partial charge is 0.456 e. The van der Waals surface area contributed by atoms with Crippen LogP contribution in [0.3, 0.4) is 0 Å². The molecule has 0 saturated heterocycles. The Morgan fingerprint density at radius 2 is 1.79 bits per heavy atom. The summed E-state index contributed by atoms with van der Waals surface area (Å²) in [5, 5.41) is 0. The van der Waals surface area contributed by atoms with Crippen LogP contribution >= 0.6 is 0 Å². The molecule has 3 rings (SSSR count). The van der Waals surface area contributed by atoms with Crippen molar-refractivity contribution < 1.29 is 19.1 Å². The van der Waals surface area contributed by atoms with Crippen LogP contribution in [0.25, 0.3) is 0 Å². The molecule has 0 amide bonds. The van der Waals surface area contributed by atoms with Crippen molar-refractivity contribution in [2.75, 3.05) is 13.1 Å². The minimum absolute atomic E-state index is 0.0109. The van der Waals surface area contributed by atoms with Crippen LogP contribution in [-0.2, 0) is 16.0 Å². The van der Waals surface area contributed by atoms with Gasteiger partial charge in [0.15, 0.2) is 12.0 Å². The third-order valence-electron chi connectivity index (χ3n) is 5.56. The van der Waals surface area contributed by atoms with Crippen LogP contribution in [0, 0.1) is 6.92 Å². The molecule has 29 heavy (non-hydrogen) atoms. The quantitative estimate of drug-likeness (QED) is 0.516.